The molecule has 0 aliphatic heterocycles. The minimum absolute atomic E-state index is 0. The zero-order chi connectivity index (χ0) is 50.2. The topological polar surface area (TPSA) is 288 Å². The van der Waals surface area contributed by atoms with Gasteiger partial charge in [-0.2, -0.15) is 8.42 Å². The molecule has 0 saturated carbocycles. The van der Waals surface area contributed by atoms with Crippen molar-refractivity contribution >= 4 is 200 Å². The summed E-state index contributed by atoms with van der Waals surface area (Å²) in [5, 5.41) is 17.2. The number of unbranched alkanes of at least 4 members (excludes halogenated alkanes) is 25. The Labute approximate surface area is 533 Å². The molecule has 0 aliphatic carbocycles. The molecule has 0 aromatic heterocycles. The van der Waals surface area contributed by atoms with Crippen LogP contribution in [0.1, 0.15) is 240 Å². The molecule has 2 unspecified atom stereocenters. The van der Waals surface area contributed by atoms with Gasteiger partial charge in [0.15, 0.2) is 12.2 Å². The number of esters is 4. The zero-order valence-corrected chi connectivity index (χ0v) is 41.4. The number of aldehydes is 1. The first-order valence-corrected chi connectivity index (χ1v) is 25.6. The summed E-state index contributed by atoms with van der Waals surface area (Å²) < 4.78 is 45.8. The van der Waals surface area contributed by atoms with Gasteiger partial charge in [-0.3, -0.25) is 28.3 Å². The molecule has 0 aliphatic rings. The van der Waals surface area contributed by atoms with Crippen molar-refractivity contribution in [2.75, 3.05) is 0 Å². The third kappa shape index (κ3) is 83.5. The fourth-order valence-corrected chi connectivity index (χ4v) is 5.95. The molecule has 23 heteroatoms. The van der Waals surface area contributed by atoms with Crippen LogP contribution in [0.4, 0.5) is 0 Å². The van der Waals surface area contributed by atoms with Gasteiger partial charge >= 0.3 is 194 Å². The van der Waals surface area contributed by atoms with Crippen LogP contribution >= 0.6 is 0 Å². The molecule has 0 aromatic carbocycles. The average Bonchev–Trinajstić information content (AvgIpc) is 3.23. The summed E-state index contributed by atoms with van der Waals surface area (Å²) in [6.45, 7) is 9.28. The summed E-state index contributed by atoms with van der Waals surface area (Å²) in [7, 11) is -4.67. The van der Waals surface area contributed by atoms with Gasteiger partial charge in [-0.25, -0.2) is 9.59 Å². The first kappa shape index (κ1) is 91.0. The van der Waals surface area contributed by atoms with Gasteiger partial charge in [-0.05, 0) is 39.5 Å². The molecule has 0 radical (unpaired) electrons. The van der Waals surface area contributed by atoms with Crippen LogP contribution < -0.4 is 5.73 Å². The van der Waals surface area contributed by atoms with E-state index in [0.717, 1.165) is 57.7 Å². The number of hydrogen-bond donors (Lipinski definition) is 5. The van der Waals surface area contributed by atoms with Gasteiger partial charge in [-0.1, -0.05) is 175 Å². The second-order valence-corrected chi connectivity index (χ2v) is 17.2. The van der Waals surface area contributed by atoms with Crippen LogP contribution in [0, 0.1) is 0 Å². The fourth-order valence-electron chi connectivity index (χ4n) is 5.95. The van der Waals surface area contributed by atoms with E-state index in [1.54, 1.807) is 0 Å². The molecule has 3 atom stereocenters. The van der Waals surface area contributed by atoms with E-state index in [1.165, 1.54) is 142 Å². The first-order valence-electron chi connectivity index (χ1n) is 24.2. The number of carbonyl (C=O) groups is 7. The Kier molecular flexibility index (Phi) is 89.1. The molecule has 6 N–H and O–H groups in total. The van der Waals surface area contributed by atoms with E-state index in [0.29, 0.717) is 0 Å². The molecular formula is C47H94NNa5O16S. The Bertz CT molecular complexity index is 1330. The van der Waals surface area contributed by atoms with Crippen LogP contribution in [0.3, 0.4) is 0 Å². The summed E-state index contributed by atoms with van der Waals surface area (Å²) in [5.41, 5.74) is 5.27. The summed E-state index contributed by atoms with van der Waals surface area (Å²) in [6, 6.07) is -1.10. The second-order valence-electron chi connectivity index (χ2n) is 16.3. The Morgan fingerprint density at radius 2 is 0.771 bits per heavy atom. The minimum atomic E-state index is -4.67. The number of carboxylic acids is 2. The van der Waals surface area contributed by atoms with E-state index in [9.17, 15) is 33.6 Å². The predicted octanol–water partition coefficient (Wildman–Crippen LogP) is 7.24. The molecule has 0 spiro atoms. The van der Waals surface area contributed by atoms with Gasteiger partial charge in [0.1, 0.15) is 12.3 Å². The summed E-state index contributed by atoms with van der Waals surface area (Å²) in [6.07, 6.45) is 32.4. The molecule has 17 nitrogen and oxygen atoms in total. The van der Waals surface area contributed by atoms with Crippen LogP contribution in [0.5, 0.6) is 0 Å². The molecule has 0 rings (SSSR count). The van der Waals surface area contributed by atoms with Crippen molar-refractivity contribution in [3.63, 3.8) is 0 Å². The van der Waals surface area contributed by atoms with E-state index in [1.807, 2.05) is 0 Å². The summed E-state index contributed by atoms with van der Waals surface area (Å²) >= 11 is 0. The molecule has 0 bridgehead atoms. The van der Waals surface area contributed by atoms with E-state index in [4.69, 9.17) is 38.2 Å². The summed E-state index contributed by atoms with van der Waals surface area (Å²) in [5.74, 6) is -4.95. The van der Waals surface area contributed by atoms with Gasteiger partial charge in [0, 0.05) is 25.7 Å². The van der Waals surface area contributed by atoms with Gasteiger partial charge in [0.2, 0.25) is 0 Å². The van der Waals surface area contributed by atoms with Crippen molar-refractivity contribution in [2.45, 2.75) is 258 Å². The molecule has 394 valence electrons. The third-order valence-corrected chi connectivity index (χ3v) is 9.88. The molecule has 0 fully saturated rings. The van der Waals surface area contributed by atoms with E-state index >= 15 is 0 Å². The SMILES string of the molecule is CCCCCCCCCCCC(=O)OC(=O)CC[C@H](N)C(=O)O.CCCCCCCCCCCC(=O)OC(C)C(=O)OC(C)C(=O)O.CCCCCCCCCCCC=O.O=S(=O)(O)O.[NaH].[NaH].[NaH].[NaH].[NaH]. The second kappa shape index (κ2) is 68.5. The van der Waals surface area contributed by atoms with Crippen LogP contribution in [-0.2, 0) is 58.2 Å². The van der Waals surface area contributed by atoms with Crippen LogP contribution in [0.2, 0.25) is 0 Å². The van der Waals surface area contributed by atoms with Gasteiger partial charge in [-0.15, -0.1) is 0 Å². The van der Waals surface area contributed by atoms with Crippen molar-refractivity contribution in [1.82, 2.24) is 0 Å². The standard InChI is InChI=1S/C18H32O6.C17H31NO5.C12H24O.5Na.H2O4S.5H/c1-4-5-6-7-8-9-10-11-12-13-16(19)23-15(3)18(22)24-14(2)17(20)21;1-2-3-4-5-6-7-8-9-10-11-15(19)23-16(20)13-12-14(18)17(21)22;1-2-3-4-5-6-7-8-9-10-11-12-13;;;;;;1-5(2,3)4;;;;;/h14-15H,4-13H2,1-3H3,(H,20,21);14H,2-13,18H2,1H3,(H,21,22);12H,2-11H2,1H3;;;;;;(H2,1,2,3,4);;;;;/t;14-;;;;;;;;;;;;/m.0............/s1. The monoisotopic (exact) mass is 1080 g/mol. The molecular weight excluding hydrogens is 982 g/mol. The van der Waals surface area contributed by atoms with Gasteiger partial charge in [0.25, 0.3) is 0 Å². The number of aliphatic carboxylic acids is 2. The fraction of sp³-hybridized carbons (Fsp3) is 0.851. The normalized spacial score (nSPS) is 11.1. The van der Waals surface area contributed by atoms with Crippen molar-refractivity contribution in [1.29, 1.82) is 0 Å². The summed E-state index contributed by atoms with van der Waals surface area (Å²) in [4.78, 5) is 77.1. The first-order chi connectivity index (χ1) is 30.8. The van der Waals surface area contributed by atoms with Crippen LogP contribution in [-0.4, -0.2) is 236 Å². The Morgan fingerprint density at radius 1 is 0.471 bits per heavy atom. The van der Waals surface area contributed by atoms with Gasteiger partial charge in [0.05, 0.1) is 0 Å². The van der Waals surface area contributed by atoms with Crippen molar-refractivity contribution in [3.8, 4) is 0 Å². The van der Waals surface area contributed by atoms with Gasteiger partial charge < -0.3 is 35.0 Å². The van der Waals surface area contributed by atoms with E-state index in [2.05, 4.69) is 30.2 Å². The average molecular weight is 1080 g/mol. The van der Waals surface area contributed by atoms with Crippen LogP contribution in [0.15, 0.2) is 0 Å². The number of rotatable bonds is 38. The molecule has 0 amide bonds. The molecule has 70 heavy (non-hydrogen) atoms. The molecule has 0 heterocycles. The zero-order valence-electron chi connectivity index (χ0n) is 40.6. The molecule has 0 aromatic rings. The number of carboxylic acid groups (broad SMARTS) is 2. The molecule has 0 saturated heterocycles. The number of hydrogen-bond acceptors (Lipinski definition) is 13. The number of carbonyl (C=O) groups excluding carboxylic acids is 5. The maximum atomic E-state index is 11.6. The Balaban J connectivity index is -0.000000108. The van der Waals surface area contributed by atoms with Crippen molar-refractivity contribution in [3.05, 3.63) is 0 Å². The Morgan fingerprint density at radius 3 is 1.09 bits per heavy atom. The predicted molar refractivity (Wildman–Crippen MR) is 286 cm³/mol. The van der Waals surface area contributed by atoms with Crippen molar-refractivity contribution in [2.24, 2.45) is 5.73 Å². The third-order valence-electron chi connectivity index (χ3n) is 9.88. The quantitative estimate of drug-likeness (QED) is 0.00775. The number of nitrogens with two attached hydrogens (primary N) is 1. The van der Waals surface area contributed by atoms with Crippen LogP contribution in [0.25, 0.3) is 0 Å². The Hall–Kier alpha value is 1.52. The van der Waals surface area contributed by atoms with E-state index < -0.39 is 64.5 Å². The number of ether oxygens (including phenoxy) is 3. The van der Waals surface area contributed by atoms with Crippen molar-refractivity contribution < 1.29 is 75.5 Å². The maximum absolute atomic E-state index is 11.6. The van der Waals surface area contributed by atoms with E-state index in [-0.39, 0.29) is 173 Å².